The number of nitrogens with zero attached hydrogens (tertiary/aromatic N) is 1. The molecule has 172 valence electrons. The van der Waals surface area contributed by atoms with Crippen molar-refractivity contribution in [3.05, 3.63) is 12.2 Å². The lowest BCUT2D eigenvalue weighted by molar-refractivity contribution is -0.132. The fourth-order valence-electron chi connectivity index (χ4n) is 5.38. The summed E-state index contributed by atoms with van der Waals surface area (Å²) in [5.41, 5.74) is 1.20. The van der Waals surface area contributed by atoms with Crippen molar-refractivity contribution in [2.24, 2.45) is 11.8 Å². The Morgan fingerprint density at radius 1 is 0.800 bits per heavy atom. The highest BCUT2D eigenvalue weighted by molar-refractivity contribution is 5.83. The Morgan fingerprint density at radius 3 is 1.90 bits per heavy atom. The molecule has 2 saturated carbocycles. The number of ketones is 1. The highest BCUT2D eigenvalue weighted by Crippen LogP contribution is 2.33. The van der Waals surface area contributed by atoms with Crippen molar-refractivity contribution in [2.45, 2.75) is 129 Å². The van der Waals surface area contributed by atoms with Crippen molar-refractivity contribution in [3.8, 4) is 0 Å². The van der Waals surface area contributed by atoms with Gasteiger partial charge in [-0.2, -0.15) is 0 Å². The van der Waals surface area contributed by atoms with E-state index >= 15 is 0 Å². The molecule has 0 spiro atoms. The molecule has 1 amide bonds. The molecule has 0 unspecified atom stereocenters. The van der Waals surface area contributed by atoms with Gasteiger partial charge in [-0.1, -0.05) is 83.3 Å². The van der Waals surface area contributed by atoms with Gasteiger partial charge in [-0.05, 0) is 44.4 Å². The third kappa shape index (κ3) is 8.55. The molecular weight excluding hydrogens is 370 g/mol. The molecule has 0 aromatic carbocycles. The van der Waals surface area contributed by atoms with Gasteiger partial charge in [0.1, 0.15) is 5.78 Å². The van der Waals surface area contributed by atoms with E-state index in [0.29, 0.717) is 36.5 Å². The average molecular weight is 418 g/mol. The van der Waals surface area contributed by atoms with Gasteiger partial charge in [0.15, 0.2) is 0 Å². The zero-order valence-corrected chi connectivity index (χ0v) is 19.9. The molecule has 2 rings (SSSR count). The molecular formula is C27H47NO2. The average Bonchev–Trinajstić information content (AvgIpc) is 2.80. The van der Waals surface area contributed by atoms with Gasteiger partial charge < -0.3 is 4.90 Å². The van der Waals surface area contributed by atoms with Gasteiger partial charge in [0, 0.05) is 31.8 Å². The molecule has 0 heterocycles. The number of unbranched alkanes of at least 4 members (excludes halogenated alkanes) is 5. The molecule has 2 aliphatic carbocycles. The lowest BCUT2D eigenvalue weighted by atomic mass is 9.78. The standard InChI is InChI=1S/C27H47NO2/c1-22(24-16-10-8-11-17-24)23(2)26(29)20-14-6-4-5-7-15-21-27(30)28(3)25-18-12-9-13-19-25/h23-25H,1,4-21H2,2-3H3/t23-/m1/s1. The lowest BCUT2D eigenvalue weighted by Crippen LogP contribution is -2.38. The van der Waals surface area contributed by atoms with Crippen LogP contribution in [0.3, 0.4) is 0 Å². The Morgan fingerprint density at radius 2 is 1.30 bits per heavy atom. The second kappa shape index (κ2) is 14.0. The maximum absolute atomic E-state index is 12.5. The highest BCUT2D eigenvalue weighted by Gasteiger charge is 2.24. The molecule has 3 heteroatoms. The van der Waals surface area contributed by atoms with E-state index in [9.17, 15) is 9.59 Å². The first-order chi connectivity index (χ1) is 14.5. The monoisotopic (exact) mass is 417 g/mol. The molecule has 0 bridgehead atoms. The fraction of sp³-hybridized carbons (Fsp3) is 0.852. The largest absolute Gasteiger partial charge is 0.343 e. The predicted octanol–water partition coefficient (Wildman–Crippen LogP) is 7.24. The zero-order chi connectivity index (χ0) is 21.8. The number of rotatable bonds is 13. The van der Waals surface area contributed by atoms with E-state index in [-0.39, 0.29) is 5.92 Å². The first-order valence-corrected chi connectivity index (χ1v) is 13.0. The predicted molar refractivity (Wildman–Crippen MR) is 126 cm³/mol. The van der Waals surface area contributed by atoms with Crippen LogP contribution in [-0.2, 0) is 9.59 Å². The van der Waals surface area contributed by atoms with Crippen LogP contribution in [0.5, 0.6) is 0 Å². The molecule has 0 saturated heterocycles. The van der Waals surface area contributed by atoms with Gasteiger partial charge in [0.2, 0.25) is 5.91 Å². The van der Waals surface area contributed by atoms with Crippen molar-refractivity contribution in [2.75, 3.05) is 7.05 Å². The summed E-state index contributed by atoms with van der Waals surface area (Å²) in [5.74, 6) is 1.35. The number of hydrogen-bond acceptors (Lipinski definition) is 2. The van der Waals surface area contributed by atoms with E-state index in [1.807, 2.05) is 11.9 Å². The number of Topliss-reactive ketones (excluding diaryl/α,β-unsaturated/α-hetero) is 1. The first kappa shape index (κ1) is 25.1. The molecule has 30 heavy (non-hydrogen) atoms. The van der Waals surface area contributed by atoms with Crippen LogP contribution < -0.4 is 0 Å². The van der Waals surface area contributed by atoms with Gasteiger partial charge in [0.05, 0.1) is 0 Å². The van der Waals surface area contributed by atoms with Crippen LogP contribution in [0.15, 0.2) is 12.2 Å². The molecule has 2 aliphatic rings. The third-order valence-electron chi connectivity index (χ3n) is 7.75. The third-order valence-corrected chi connectivity index (χ3v) is 7.75. The van der Waals surface area contributed by atoms with Gasteiger partial charge in [-0.25, -0.2) is 0 Å². The van der Waals surface area contributed by atoms with E-state index in [1.165, 1.54) is 82.6 Å². The summed E-state index contributed by atoms with van der Waals surface area (Å²) in [5, 5.41) is 0. The van der Waals surface area contributed by atoms with Crippen LogP contribution in [0.4, 0.5) is 0 Å². The minimum Gasteiger partial charge on any atom is -0.343 e. The van der Waals surface area contributed by atoms with Crippen molar-refractivity contribution in [1.29, 1.82) is 0 Å². The Bertz CT molecular complexity index is 529. The molecule has 0 aromatic rings. The van der Waals surface area contributed by atoms with Crippen LogP contribution >= 0.6 is 0 Å². The normalized spacial score (nSPS) is 19.4. The molecule has 0 N–H and O–H groups in total. The van der Waals surface area contributed by atoms with Gasteiger partial charge in [-0.15, -0.1) is 0 Å². The lowest BCUT2D eigenvalue weighted by Gasteiger charge is -2.31. The summed E-state index contributed by atoms with van der Waals surface area (Å²) in [7, 11) is 2.00. The smallest absolute Gasteiger partial charge is 0.222 e. The summed E-state index contributed by atoms with van der Waals surface area (Å²) in [6.45, 7) is 6.35. The van der Waals surface area contributed by atoms with Gasteiger partial charge >= 0.3 is 0 Å². The highest BCUT2D eigenvalue weighted by atomic mass is 16.2. The molecule has 0 aromatic heterocycles. The maximum Gasteiger partial charge on any atom is 0.222 e. The van der Waals surface area contributed by atoms with Crippen LogP contribution in [-0.4, -0.2) is 29.7 Å². The van der Waals surface area contributed by atoms with E-state index in [1.54, 1.807) is 0 Å². The van der Waals surface area contributed by atoms with Crippen molar-refractivity contribution < 1.29 is 9.59 Å². The molecule has 0 aliphatic heterocycles. The minimum absolute atomic E-state index is 0.0419. The molecule has 1 atom stereocenters. The Balaban J connectivity index is 1.47. The Kier molecular flexibility index (Phi) is 11.8. The van der Waals surface area contributed by atoms with Crippen molar-refractivity contribution in [3.63, 3.8) is 0 Å². The minimum atomic E-state index is 0.0419. The molecule has 3 nitrogen and oxygen atoms in total. The van der Waals surface area contributed by atoms with Gasteiger partial charge in [0.25, 0.3) is 0 Å². The first-order valence-electron chi connectivity index (χ1n) is 13.0. The number of hydrogen-bond donors (Lipinski definition) is 0. The van der Waals surface area contributed by atoms with E-state index < -0.39 is 0 Å². The van der Waals surface area contributed by atoms with Crippen molar-refractivity contribution >= 4 is 11.7 Å². The van der Waals surface area contributed by atoms with E-state index in [0.717, 1.165) is 25.7 Å². The summed E-state index contributed by atoms with van der Waals surface area (Å²) in [6, 6.07) is 0.486. The van der Waals surface area contributed by atoms with Crippen LogP contribution in [0, 0.1) is 11.8 Å². The van der Waals surface area contributed by atoms with Crippen LogP contribution in [0.2, 0.25) is 0 Å². The summed E-state index contributed by atoms with van der Waals surface area (Å²) in [4.78, 5) is 26.9. The van der Waals surface area contributed by atoms with E-state index in [2.05, 4.69) is 13.5 Å². The number of carbonyl (C=O) groups is 2. The van der Waals surface area contributed by atoms with Crippen LogP contribution in [0.25, 0.3) is 0 Å². The second-order valence-electron chi connectivity index (χ2n) is 10.0. The summed E-state index contributed by atoms with van der Waals surface area (Å²) in [6.07, 6.45) is 20.7. The zero-order valence-electron chi connectivity index (χ0n) is 19.9. The fourth-order valence-corrected chi connectivity index (χ4v) is 5.38. The summed E-state index contributed by atoms with van der Waals surface area (Å²) < 4.78 is 0. The Labute approximate surface area is 186 Å². The van der Waals surface area contributed by atoms with Crippen molar-refractivity contribution in [1.82, 2.24) is 4.90 Å². The maximum atomic E-state index is 12.5. The number of carbonyl (C=O) groups excluding carboxylic acids is 2. The SMILES string of the molecule is C=C(C1CCCCC1)[C@@H](C)C(=O)CCCCCCCCC(=O)N(C)C1CCCCC1. The number of allylic oxidation sites excluding steroid dienone is 1. The second-order valence-corrected chi connectivity index (χ2v) is 10.0. The van der Waals surface area contributed by atoms with Gasteiger partial charge in [-0.3, -0.25) is 9.59 Å². The van der Waals surface area contributed by atoms with Crippen LogP contribution in [0.1, 0.15) is 122 Å². The van der Waals surface area contributed by atoms with E-state index in [4.69, 9.17) is 0 Å². The molecule has 2 fully saturated rings. The summed E-state index contributed by atoms with van der Waals surface area (Å²) >= 11 is 0. The topological polar surface area (TPSA) is 37.4 Å². The number of amides is 1. The molecule has 0 radical (unpaired) electrons. The Hall–Kier alpha value is -1.12. The quantitative estimate of drug-likeness (QED) is 0.234.